The van der Waals surface area contributed by atoms with Crippen LogP contribution in [0, 0.1) is 6.92 Å². The molecule has 0 heterocycles. The van der Waals surface area contributed by atoms with Gasteiger partial charge < -0.3 is 20.9 Å². The topological polar surface area (TPSA) is 84.6 Å². The number of benzene rings is 1. The van der Waals surface area contributed by atoms with Crippen molar-refractivity contribution >= 4 is 17.3 Å². The quantitative estimate of drug-likeness (QED) is 0.675. The number of nitrogens with two attached hydrogens (primary N) is 1. The minimum absolute atomic E-state index is 0.106. The summed E-state index contributed by atoms with van der Waals surface area (Å²) in [5.41, 5.74) is 7.66. The van der Waals surface area contributed by atoms with Crippen LogP contribution in [0.25, 0.3) is 0 Å². The molecule has 1 rings (SSSR count). The fourth-order valence-corrected chi connectivity index (χ4v) is 1.68. The summed E-state index contributed by atoms with van der Waals surface area (Å²) < 4.78 is 5.30. The molecule has 0 saturated carbocycles. The number of hydrogen-bond acceptors (Lipinski definition) is 4. The number of hydrogen-bond donors (Lipinski definition) is 3. The zero-order valence-electron chi connectivity index (χ0n) is 11.0. The van der Waals surface area contributed by atoms with Crippen LogP contribution >= 0.6 is 0 Å². The lowest BCUT2D eigenvalue weighted by molar-refractivity contribution is 0.0698. The Labute approximate surface area is 107 Å². The first kappa shape index (κ1) is 14.3. The first-order chi connectivity index (χ1) is 8.45. The van der Waals surface area contributed by atoms with E-state index in [4.69, 9.17) is 15.6 Å². The largest absolute Gasteiger partial charge is 0.478 e. The molecule has 5 heteroatoms. The number of aromatic carboxylic acids is 1. The van der Waals surface area contributed by atoms with E-state index in [0.29, 0.717) is 18.9 Å². The van der Waals surface area contributed by atoms with Crippen molar-refractivity contribution in [3.63, 3.8) is 0 Å². The molecule has 1 aromatic rings. The van der Waals surface area contributed by atoms with Gasteiger partial charge in [-0.2, -0.15) is 0 Å². The van der Waals surface area contributed by atoms with Gasteiger partial charge in [-0.3, -0.25) is 0 Å². The summed E-state index contributed by atoms with van der Waals surface area (Å²) in [5, 5.41) is 12.3. The van der Waals surface area contributed by atoms with E-state index in [-0.39, 0.29) is 11.6 Å². The molecular weight excluding hydrogens is 232 g/mol. The molecule has 18 heavy (non-hydrogen) atoms. The van der Waals surface area contributed by atoms with Gasteiger partial charge in [-0.15, -0.1) is 0 Å². The van der Waals surface area contributed by atoms with Crippen LogP contribution < -0.4 is 11.1 Å². The number of nitrogens with one attached hydrogen (secondary N) is 1. The number of carbonyl (C=O) groups is 1. The van der Waals surface area contributed by atoms with E-state index in [1.165, 1.54) is 0 Å². The molecule has 0 saturated heterocycles. The number of carboxylic acids is 1. The molecule has 5 nitrogen and oxygen atoms in total. The standard InChI is InChI=1S/C13H20N2O3/c1-4-18-7-9(3)15-10-5-8(2)12(14)11(6-10)13(16)17/h5-6,9,15H,4,7,14H2,1-3H3,(H,16,17). The van der Waals surface area contributed by atoms with Gasteiger partial charge in [-0.05, 0) is 38.5 Å². The molecule has 0 bridgehead atoms. The van der Waals surface area contributed by atoms with Gasteiger partial charge >= 0.3 is 5.97 Å². The number of carboxylic acid groups (broad SMARTS) is 1. The predicted octanol–water partition coefficient (Wildman–Crippen LogP) is 2.11. The number of aryl methyl sites for hydroxylation is 1. The van der Waals surface area contributed by atoms with E-state index in [2.05, 4.69) is 5.32 Å². The van der Waals surface area contributed by atoms with Gasteiger partial charge in [0.15, 0.2) is 0 Å². The van der Waals surface area contributed by atoms with Crippen LogP contribution in [-0.2, 0) is 4.74 Å². The third kappa shape index (κ3) is 3.63. The van der Waals surface area contributed by atoms with Gasteiger partial charge in [0.2, 0.25) is 0 Å². The van der Waals surface area contributed by atoms with Crippen molar-refractivity contribution in [3.8, 4) is 0 Å². The number of anilines is 2. The highest BCUT2D eigenvalue weighted by Gasteiger charge is 2.12. The molecule has 1 unspecified atom stereocenters. The highest BCUT2D eigenvalue weighted by molar-refractivity contribution is 5.95. The van der Waals surface area contributed by atoms with E-state index in [1.54, 1.807) is 13.0 Å². The maximum atomic E-state index is 11.1. The second-order valence-corrected chi connectivity index (χ2v) is 4.26. The minimum atomic E-state index is -1.02. The van der Waals surface area contributed by atoms with Crippen molar-refractivity contribution in [1.82, 2.24) is 0 Å². The maximum absolute atomic E-state index is 11.1. The van der Waals surface area contributed by atoms with E-state index in [0.717, 1.165) is 11.3 Å². The fourth-order valence-electron chi connectivity index (χ4n) is 1.68. The molecule has 1 atom stereocenters. The zero-order valence-corrected chi connectivity index (χ0v) is 11.0. The SMILES string of the molecule is CCOCC(C)Nc1cc(C)c(N)c(C(=O)O)c1. The average molecular weight is 252 g/mol. The second-order valence-electron chi connectivity index (χ2n) is 4.26. The number of ether oxygens (including phenoxy) is 1. The van der Waals surface area contributed by atoms with Gasteiger partial charge in [-0.25, -0.2) is 4.79 Å². The summed E-state index contributed by atoms with van der Waals surface area (Å²) in [4.78, 5) is 11.1. The molecule has 4 N–H and O–H groups in total. The van der Waals surface area contributed by atoms with Crippen molar-refractivity contribution < 1.29 is 14.6 Å². The predicted molar refractivity (Wildman–Crippen MR) is 72.1 cm³/mol. The van der Waals surface area contributed by atoms with Gasteiger partial charge in [-0.1, -0.05) is 0 Å². The Hall–Kier alpha value is -1.75. The first-order valence-electron chi connectivity index (χ1n) is 5.93. The number of nitrogen functional groups attached to an aromatic ring is 1. The molecule has 1 aromatic carbocycles. The van der Waals surface area contributed by atoms with Crippen LogP contribution in [-0.4, -0.2) is 30.3 Å². The number of rotatable bonds is 6. The Morgan fingerprint density at radius 1 is 1.56 bits per heavy atom. The summed E-state index contributed by atoms with van der Waals surface area (Å²) in [6, 6.07) is 3.49. The normalized spacial score (nSPS) is 12.2. The Morgan fingerprint density at radius 3 is 2.78 bits per heavy atom. The van der Waals surface area contributed by atoms with E-state index in [1.807, 2.05) is 19.9 Å². The summed E-state index contributed by atoms with van der Waals surface area (Å²) in [7, 11) is 0. The summed E-state index contributed by atoms with van der Waals surface area (Å²) in [6.07, 6.45) is 0. The van der Waals surface area contributed by atoms with Gasteiger partial charge in [0.1, 0.15) is 0 Å². The summed E-state index contributed by atoms with van der Waals surface area (Å²) >= 11 is 0. The van der Waals surface area contributed by atoms with Crippen molar-refractivity contribution in [3.05, 3.63) is 23.3 Å². The van der Waals surface area contributed by atoms with Crippen LogP contribution in [0.2, 0.25) is 0 Å². The highest BCUT2D eigenvalue weighted by Crippen LogP contribution is 2.23. The molecule has 0 radical (unpaired) electrons. The van der Waals surface area contributed by atoms with Crippen LogP contribution in [0.1, 0.15) is 29.8 Å². The molecule has 0 aliphatic rings. The maximum Gasteiger partial charge on any atom is 0.337 e. The summed E-state index contributed by atoms with van der Waals surface area (Å²) in [5.74, 6) is -1.02. The monoisotopic (exact) mass is 252 g/mol. The second kappa shape index (κ2) is 6.26. The van der Waals surface area contributed by atoms with Crippen LogP contribution in [0.3, 0.4) is 0 Å². The van der Waals surface area contributed by atoms with E-state index in [9.17, 15) is 4.79 Å². The third-order valence-electron chi connectivity index (χ3n) is 2.60. The highest BCUT2D eigenvalue weighted by atomic mass is 16.5. The Bertz CT molecular complexity index is 432. The van der Waals surface area contributed by atoms with E-state index >= 15 is 0 Å². The summed E-state index contributed by atoms with van der Waals surface area (Å²) in [6.45, 7) is 6.93. The first-order valence-corrected chi connectivity index (χ1v) is 5.93. The van der Waals surface area contributed by atoms with Gasteiger partial charge in [0, 0.05) is 24.0 Å². The smallest absolute Gasteiger partial charge is 0.337 e. The average Bonchev–Trinajstić information content (AvgIpc) is 2.30. The fraction of sp³-hybridized carbons (Fsp3) is 0.462. The van der Waals surface area contributed by atoms with Crippen molar-refractivity contribution in [1.29, 1.82) is 0 Å². The van der Waals surface area contributed by atoms with Crippen molar-refractivity contribution in [2.24, 2.45) is 0 Å². The van der Waals surface area contributed by atoms with Gasteiger partial charge in [0.05, 0.1) is 12.2 Å². The molecule has 100 valence electrons. The Balaban J connectivity index is 2.87. The van der Waals surface area contributed by atoms with E-state index < -0.39 is 5.97 Å². The van der Waals surface area contributed by atoms with Crippen molar-refractivity contribution in [2.45, 2.75) is 26.8 Å². The minimum Gasteiger partial charge on any atom is -0.478 e. The van der Waals surface area contributed by atoms with Gasteiger partial charge in [0.25, 0.3) is 0 Å². The lowest BCUT2D eigenvalue weighted by atomic mass is 10.1. The third-order valence-corrected chi connectivity index (χ3v) is 2.60. The molecule has 0 spiro atoms. The molecule has 0 fully saturated rings. The van der Waals surface area contributed by atoms with Crippen molar-refractivity contribution in [2.75, 3.05) is 24.3 Å². The van der Waals surface area contributed by atoms with Crippen LogP contribution in [0.15, 0.2) is 12.1 Å². The van der Waals surface area contributed by atoms with Crippen LogP contribution in [0.4, 0.5) is 11.4 Å². The lowest BCUT2D eigenvalue weighted by Crippen LogP contribution is -2.22. The Kier molecular flexibility index (Phi) is 4.97. The lowest BCUT2D eigenvalue weighted by Gasteiger charge is -2.17. The Morgan fingerprint density at radius 2 is 2.22 bits per heavy atom. The molecule has 0 amide bonds. The van der Waals surface area contributed by atoms with Crippen LogP contribution in [0.5, 0.6) is 0 Å². The molecule has 0 aromatic heterocycles. The zero-order chi connectivity index (χ0) is 13.7. The molecular formula is C13H20N2O3. The molecule has 0 aliphatic carbocycles. The molecule has 0 aliphatic heterocycles.